The van der Waals surface area contributed by atoms with Gasteiger partial charge in [-0.3, -0.25) is 4.55 Å². The van der Waals surface area contributed by atoms with E-state index >= 15 is 0 Å². The second kappa shape index (κ2) is 6.45. The van der Waals surface area contributed by atoms with E-state index in [4.69, 9.17) is 11.6 Å². The number of hydrogen-bond acceptors (Lipinski definition) is 7. The Morgan fingerprint density at radius 1 is 0.846 bits per heavy atom. The van der Waals surface area contributed by atoms with Crippen LogP contribution in [-0.2, 0) is 10.1 Å². The summed E-state index contributed by atoms with van der Waals surface area (Å²) in [5.41, 5.74) is -0.307. The van der Waals surface area contributed by atoms with E-state index in [9.17, 15) is 28.3 Å². The van der Waals surface area contributed by atoms with Crippen molar-refractivity contribution in [3.05, 3.63) is 47.5 Å². The van der Waals surface area contributed by atoms with Crippen LogP contribution >= 0.6 is 11.6 Å². The van der Waals surface area contributed by atoms with E-state index in [1.54, 1.807) is 0 Å². The molecular weight excluding hydrogens is 384 g/mol. The first kappa shape index (κ1) is 17.9. The number of fused-ring (bicyclic) bond motifs is 1. The first-order chi connectivity index (χ1) is 12.2. The molecule has 0 fully saturated rings. The Labute approximate surface area is 152 Å². The maximum atomic E-state index is 11.7. The molecule has 26 heavy (non-hydrogen) atoms. The molecule has 0 aliphatic rings. The van der Waals surface area contributed by atoms with Crippen LogP contribution in [0.3, 0.4) is 0 Å². The monoisotopic (exact) mass is 394 g/mol. The summed E-state index contributed by atoms with van der Waals surface area (Å²) < 4.78 is 32.8. The topological polar surface area (TPSA) is 140 Å². The van der Waals surface area contributed by atoms with Crippen LogP contribution in [-0.4, -0.2) is 28.3 Å². The van der Waals surface area contributed by atoms with Gasteiger partial charge in [0.1, 0.15) is 33.5 Å². The Kier molecular flexibility index (Phi) is 4.45. The van der Waals surface area contributed by atoms with Gasteiger partial charge in [0.25, 0.3) is 10.1 Å². The minimum atomic E-state index is -4.75. The Hall–Kier alpha value is -2.88. The Balaban J connectivity index is 2.31. The number of hydrogen-bond donors (Lipinski definition) is 4. The van der Waals surface area contributed by atoms with Crippen molar-refractivity contribution in [2.75, 3.05) is 0 Å². The summed E-state index contributed by atoms with van der Waals surface area (Å²) >= 11 is 5.83. The maximum absolute atomic E-state index is 11.7. The highest BCUT2D eigenvalue weighted by atomic mass is 35.5. The minimum Gasteiger partial charge on any atom is -0.508 e. The summed E-state index contributed by atoms with van der Waals surface area (Å²) in [5.74, 6) is -0.886. The minimum absolute atomic E-state index is 0.0289. The van der Waals surface area contributed by atoms with Crippen molar-refractivity contribution in [2.45, 2.75) is 4.90 Å². The Morgan fingerprint density at radius 3 is 2.27 bits per heavy atom. The molecule has 10 heteroatoms. The molecule has 4 N–H and O–H groups in total. The van der Waals surface area contributed by atoms with Gasteiger partial charge in [0.2, 0.25) is 0 Å². The zero-order chi connectivity index (χ0) is 19.1. The number of nitrogens with zero attached hydrogens (tertiary/aromatic N) is 2. The number of azo groups is 1. The molecule has 0 saturated carbocycles. The van der Waals surface area contributed by atoms with Crippen LogP contribution in [0, 0.1) is 0 Å². The molecule has 0 aliphatic carbocycles. The smallest absolute Gasteiger partial charge is 0.296 e. The Bertz CT molecular complexity index is 1160. The van der Waals surface area contributed by atoms with Crippen molar-refractivity contribution in [1.29, 1.82) is 0 Å². The van der Waals surface area contributed by atoms with Crippen molar-refractivity contribution in [2.24, 2.45) is 10.2 Å². The highest BCUT2D eigenvalue weighted by Crippen LogP contribution is 2.41. The fraction of sp³-hybridized carbons (Fsp3) is 0. The highest BCUT2D eigenvalue weighted by molar-refractivity contribution is 7.86. The number of halogens is 1. The number of phenolic OH excluding ortho intramolecular Hbond substituents is 3. The summed E-state index contributed by atoms with van der Waals surface area (Å²) in [6.45, 7) is 0. The van der Waals surface area contributed by atoms with E-state index < -0.39 is 20.8 Å². The average molecular weight is 395 g/mol. The molecule has 0 heterocycles. The molecule has 0 saturated heterocycles. The van der Waals surface area contributed by atoms with Gasteiger partial charge in [0.05, 0.1) is 0 Å². The first-order valence-electron chi connectivity index (χ1n) is 7.03. The van der Waals surface area contributed by atoms with Gasteiger partial charge in [0, 0.05) is 21.9 Å². The van der Waals surface area contributed by atoms with Crippen molar-refractivity contribution >= 4 is 43.9 Å². The van der Waals surface area contributed by atoms with Crippen molar-refractivity contribution in [3.8, 4) is 17.2 Å². The lowest BCUT2D eigenvalue weighted by Crippen LogP contribution is -1.99. The predicted octanol–water partition coefficient (Wildman–Crippen LogP) is 4.27. The molecule has 3 rings (SSSR count). The largest absolute Gasteiger partial charge is 0.508 e. The molecule has 0 radical (unpaired) electrons. The number of phenols is 3. The third-order valence-corrected chi connectivity index (χ3v) is 4.61. The molecule has 0 aliphatic heterocycles. The summed E-state index contributed by atoms with van der Waals surface area (Å²) in [6, 6.07) is 8.59. The van der Waals surface area contributed by atoms with Gasteiger partial charge in [-0.05, 0) is 36.4 Å². The molecule has 0 spiro atoms. The highest BCUT2D eigenvalue weighted by Gasteiger charge is 2.21. The van der Waals surface area contributed by atoms with Crippen LogP contribution in [0.25, 0.3) is 10.8 Å². The van der Waals surface area contributed by atoms with Crippen LogP contribution in [0.5, 0.6) is 17.2 Å². The maximum Gasteiger partial charge on any atom is 0.296 e. The van der Waals surface area contributed by atoms with E-state index in [-0.39, 0.29) is 38.7 Å². The zero-order valence-corrected chi connectivity index (χ0v) is 14.4. The normalized spacial score (nSPS) is 12.1. The molecular formula is C16H11ClN2O6S. The average Bonchev–Trinajstić information content (AvgIpc) is 2.56. The van der Waals surface area contributed by atoms with Gasteiger partial charge in [-0.2, -0.15) is 8.42 Å². The van der Waals surface area contributed by atoms with Crippen LogP contribution in [0.15, 0.2) is 57.6 Å². The lowest BCUT2D eigenvalue weighted by atomic mass is 10.1. The van der Waals surface area contributed by atoms with Crippen molar-refractivity contribution in [1.82, 2.24) is 0 Å². The molecule has 0 atom stereocenters. The Morgan fingerprint density at radius 2 is 1.58 bits per heavy atom. The van der Waals surface area contributed by atoms with Crippen molar-refractivity contribution < 1.29 is 28.3 Å². The van der Waals surface area contributed by atoms with E-state index in [1.807, 2.05) is 0 Å². The van der Waals surface area contributed by atoms with Crippen LogP contribution in [0.2, 0.25) is 5.02 Å². The molecule has 0 bridgehead atoms. The standard InChI is InChI=1S/C16H11ClN2O6S/c17-8-1-4-13(21)12(5-8)18-19-16-10-3-2-9(20)6-11(10)14(22)7-15(16)26(23,24)25/h1-7,20-22H,(H,23,24,25). The zero-order valence-electron chi connectivity index (χ0n) is 12.8. The molecule has 0 amide bonds. The number of aromatic hydroxyl groups is 3. The lowest BCUT2D eigenvalue weighted by Gasteiger charge is -2.09. The number of benzene rings is 3. The van der Waals surface area contributed by atoms with Crippen molar-refractivity contribution in [3.63, 3.8) is 0 Å². The fourth-order valence-corrected chi connectivity index (χ4v) is 3.16. The van der Waals surface area contributed by atoms with E-state index in [2.05, 4.69) is 10.2 Å². The van der Waals surface area contributed by atoms with E-state index in [1.165, 1.54) is 36.4 Å². The predicted molar refractivity (Wildman–Crippen MR) is 94.4 cm³/mol. The van der Waals surface area contributed by atoms with E-state index in [0.29, 0.717) is 0 Å². The van der Waals surface area contributed by atoms with Crippen LogP contribution in [0.4, 0.5) is 11.4 Å². The van der Waals surface area contributed by atoms with E-state index in [0.717, 1.165) is 6.07 Å². The third kappa shape index (κ3) is 3.40. The van der Waals surface area contributed by atoms with Gasteiger partial charge >= 0.3 is 0 Å². The van der Waals surface area contributed by atoms with Gasteiger partial charge in [0.15, 0.2) is 0 Å². The quantitative estimate of drug-likeness (QED) is 0.386. The first-order valence-corrected chi connectivity index (χ1v) is 8.85. The van der Waals surface area contributed by atoms with Gasteiger partial charge < -0.3 is 15.3 Å². The molecule has 3 aromatic carbocycles. The van der Waals surface area contributed by atoms with Crippen LogP contribution in [0.1, 0.15) is 0 Å². The molecule has 3 aromatic rings. The summed E-state index contributed by atoms with van der Waals surface area (Å²) in [5, 5.41) is 37.4. The molecule has 134 valence electrons. The van der Waals surface area contributed by atoms with Crippen LogP contribution < -0.4 is 0 Å². The van der Waals surface area contributed by atoms with Gasteiger partial charge in [-0.1, -0.05) is 11.6 Å². The summed E-state index contributed by atoms with van der Waals surface area (Å²) in [4.78, 5) is -0.682. The SMILES string of the molecule is O=S(=O)(O)c1cc(O)c2cc(O)ccc2c1N=Nc1cc(Cl)ccc1O. The second-order valence-electron chi connectivity index (χ2n) is 5.28. The number of rotatable bonds is 3. The molecule has 0 aromatic heterocycles. The fourth-order valence-electron chi connectivity index (χ4n) is 2.33. The summed E-state index contributed by atoms with van der Waals surface area (Å²) in [6.07, 6.45) is 0. The van der Waals surface area contributed by atoms with Gasteiger partial charge in [-0.25, -0.2) is 0 Å². The molecule has 0 unspecified atom stereocenters. The second-order valence-corrected chi connectivity index (χ2v) is 7.11. The lowest BCUT2D eigenvalue weighted by molar-refractivity contribution is 0.468. The summed E-state index contributed by atoms with van der Waals surface area (Å²) in [7, 11) is -4.75. The molecule has 8 nitrogen and oxygen atoms in total. The third-order valence-electron chi connectivity index (χ3n) is 3.51. The van der Waals surface area contributed by atoms with Gasteiger partial charge in [-0.15, -0.1) is 10.2 Å².